The van der Waals surface area contributed by atoms with E-state index in [-0.39, 0.29) is 0 Å². The van der Waals surface area contributed by atoms with E-state index in [4.69, 9.17) is 0 Å². The first-order valence-corrected chi connectivity index (χ1v) is 13.9. The molecule has 0 spiro atoms. The Bertz CT molecular complexity index is 477. The maximum atomic E-state index is 2.52. The Hall–Kier alpha value is -0.564. The van der Waals surface area contributed by atoms with Crippen molar-refractivity contribution in [3.63, 3.8) is 0 Å². The van der Waals surface area contributed by atoms with E-state index in [2.05, 4.69) is 74.9 Å². The van der Waals surface area contributed by atoms with E-state index in [1.165, 1.54) is 42.1 Å². The summed E-state index contributed by atoms with van der Waals surface area (Å²) < 4.78 is 1.47. The van der Waals surface area contributed by atoms with Crippen molar-refractivity contribution in [3.05, 3.63) is 52.2 Å². The fraction of sp³-hybridized carbons (Fsp3) is 0.500. The minimum atomic E-state index is -1.22. The molecular weight excluding hydrogens is 347 g/mol. The predicted molar refractivity (Wildman–Crippen MR) is 106 cm³/mol. The van der Waals surface area contributed by atoms with Crippen molar-refractivity contribution < 1.29 is 0 Å². The molecule has 0 unspecified atom stereocenters. The quantitative estimate of drug-likeness (QED) is 0.297. The van der Waals surface area contributed by atoms with Gasteiger partial charge in [-0.15, -0.1) is 0 Å². The van der Waals surface area contributed by atoms with E-state index in [1.807, 2.05) is 0 Å². The van der Waals surface area contributed by atoms with Crippen LogP contribution in [0.1, 0.15) is 44.6 Å². The zero-order valence-electron chi connectivity index (χ0n) is 15.0. The van der Waals surface area contributed by atoms with E-state index in [0.29, 0.717) is 15.0 Å². The molecule has 0 aliphatic carbocycles. The van der Waals surface area contributed by atoms with Crippen LogP contribution in [0.25, 0.3) is 0 Å². The molecule has 0 atom stereocenters. The minimum absolute atomic E-state index is 0.453. The summed E-state index contributed by atoms with van der Waals surface area (Å²) in [7, 11) is -1.22. The van der Waals surface area contributed by atoms with E-state index < -0.39 is 8.07 Å². The second-order valence-electron chi connectivity index (χ2n) is 6.99. The molecule has 122 valence electrons. The molecule has 0 fully saturated rings. The number of allylic oxidation sites excluding steroid dienone is 3. The van der Waals surface area contributed by atoms with E-state index in [1.54, 1.807) is 5.20 Å². The normalized spacial score (nSPS) is 13.0. The first kappa shape index (κ1) is 19.5. The fourth-order valence-corrected chi connectivity index (χ4v) is 5.26. The Labute approximate surface area is 145 Å². The fourth-order valence-electron chi connectivity index (χ4n) is 2.26. The number of aryl methyl sites for hydroxylation is 1. The third kappa shape index (κ3) is 8.17. The Kier molecular flexibility index (Phi) is 9.08. The standard InChI is InChI=1S/C20H32SeSi/c1-6-7-8-9-10-11-20(22(3,4)5)16-17-21-19-14-12-18(2)13-15-19/h11-17H,6-10H2,1-5H3/b17-16+,20-11-. The van der Waals surface area contributed by atoms with Crippen molar-refractivity contribution in [1.82, 2.24) is 0 Å². The molecule has 0 saturated carbocycles. The van der Waals surface area contributed by atoms with Crippen LogP contribution in [-0.2, 0) is 0 Å². The summed E-state index contributed by atoms with van der Waals surface area (Å²) in [6, 6.07) is 8.96. The molecule has 1 aromatic rings. The number of hydrogen-bond donors (Lipinski definition) is 0. The van der Waals surface area contributed by atoms with Crippen molar-refractivity contribution in [3.8, 4) is 0 Å². The summed E-state index contributed by atoms with van der Waals surface area (Å²) >= 11 is 0.453. The van der Waals surface area contributed by atoms with Crippen LogP contribution in [0.15, 0.2) is 46.6 Å². The third-order valence-corrected chi connectivity index (χ3v) is 7.58. The first-order chi connectivity index (χ1) is 10.4. The van der Waals surface area contributed by atoms with Gasteiger partial charge in [-0.1, -0.05) is 0 Å². The second-order valence-corrected chi connectivity index (χ2v) is 14.1. The molecule has 22 heavy (non-hydrogen) atoms. The molecule has 0 saturated heterocycles. The number of benzene rings is 1. The van der Waals surface area contributed by atoms with Crippen LogP contribution in [0, 0.1) is 6.92 Å². The van der Waals surface area contributed by atoms with Gasteiger partial charge in [-0.05, 0) is 0 Å². The molecule has 0 heterocycles. The molecule has 0 bridgehead atoms. The van der Waals surface area contributed by atoms with Gasteiger partial charge in [-0.3, -0.25) is 0 Å². The summed E-state index contributed by atoms with van der Waals surface area (Å²) in [5, 5.41) is 1.62. The summed E-state index contributed by atoms with van der Waals surface area (Å²) in [5.74, 6) is 0. The molecule has 0 aliphatic rings. The summed E-state index contributed by atoms with van der Waals surface area (Å²) in [6.07, 6.45) is 11.6. The first-order valence-electron chi connectivity index (χ1n) is 8.54. The van der Waals surface area contributed by atoms with Crippen LogP contribution < -0.4 is 4.46 Å². The summed E-state index contributed by atoms with van der Waals surface area (Å²) in [5.41, 5.74) is 1.35. The Balaban J connectivity index is 2.58. The zero-order chi connectivity index (χ0) is 16.4. The van der Waals surface area contributed by atoms with Crippen LogP contribution in [0.5, 0.6) is 0 Å². The predicted octanol–water partition coefficient (Wildman–Crippen LogP) is 5.61. The van der Waals surface area contributed by atoms with Gasteiger partial charge in [0.15, 0.2) is 0 Å². The van der Waals surface area contributed by atoms with E-state index in [9.17, 15) is 0 Å². The van der Waals surface area contributed by atoms with Crippen molar-refractivity contribution in [2.45, 2.75) is 65.6 Å². The molecule has 0 radical (unpaired) electrons. The van der Waals surface area contributed by atoms with Gasteiger partial charge in [0.05, 0.1) is 0 Å². The zero-order valence-corrected chi connectivity index (χ0v) is 17.7. The summed E-state index contributed by atoms with van der Waals surface area (Å²) in [6.45, 7) is 11.8. The van der Waals surface area contributed by atoms with Gasteiger partial charge in [-0.25, -0.2) is 0 Å². The Morgan fingerprint density at radius 3 is 2.32 bits per heavy atom. The topological polar surface area (TPSA) is 0 Å². The Morgan fingerprint density at radius 2 is 1.73 bits per heavy atom. The molecule has 2 heteroatoms. The van der Waals surface area contributed by atoms with Crippen LogP contribution in [-0.4, -0.2) is 23.0 Å². The van der Waals surface area contributed by atoms with Gasteiger partial charge in [0, 0.05) is 0 Å². The van der Waals surface area contributed by atoms with Crippen molar-refractivity contribution >= 4 is 27.5 Å². The third-order valence-electron chi connectivity index (χ3n) is 3.76. The van der Waals surface area contributed by atoms with Crippen LogP contribution in [0.2, 0.25) is 19.6 Å². The SMILES string of the molecule is CCCCCC/C=C(/C=C/[Se]c1ccc(C)cc1)[Si](C)(C)C. The van der Waals surface area contributed by atoms with Crippen LogP contribution in [0.4, 0.5) is 0 Å². The van der Waals surface area contributed by atoms with Gasteiger partial charge in [0.1, 0.15) is 0 Å². The van der Waals surface area contributed by atoms with Gasteiger partial charge < -0.3 is 0 Å². The Morgan fingerprint density at radius 1 is 1.05 bits per heavy atom. The van der Waals surface area contributed by atoms with Crippen molar-refractivity contribution in [1.29, 1.82) is 0 Å². The van der Waals surface area contributed by atoms with Crippen molar-refractivity contribution in [2.75, 3.05) is 0 Å². The molecule has 0 amide bonds. The molecule has 0 aromatic heterocycles. The molecule has 0 aliphatic heterocycles. The number of rotatable bonds is 9. The van der Waals surface area contributed by atoms with Gasteiger partial charge in [0.25, 0.3) is 0 Å². The molecule has 0 N–H and O–H groups in total. The average Bonchev–Trinajstić information content (AvgIpc) is 2.46. The second kappa shape index (κ2) is 10.3. The van der Waals surface area contributed by atoms with Gasteiger partial charge >= 0.3 is 145 Å². The molecule has 1 rings (SSSR count). The van der Waals surface area contributed by atoms with Gasteiger partial charge in [-0.2, -0.15) is 0 Å². The molecule has 0 nitrogen and oxygen atoms in total. The molecular formula is C20H32SeSi. The van der Waals surface area contributed by atoms with Crippen molar-refractivity contribution in [2.24, 2.45) is 0 Å². The van der Waals surface area contributed by atoms with Crippen LogP contribution in [0.3, 0.4) is 0 Å². The average molecular weight is 380 g/mol. The molecule has 1 aromatic carbocycles. The van der Waals surface area contributed by atoms with Crippen LogP contribution >= 0.6 is 0 Å². The monoisotopic (exact) mass is 380 g/mol. The maximum absolute atomic E-state index is 2.52. The van der Waals surface area contributed by atoms with Gasteiger partial charge in [0.2, 0.25) is 0 Å². The number of hydrogen-bond acceptors (Lipinski definition) is 0. The van der Waals surface area contributed by atoms with E-state index in [0.717, 1.165) is 0 Å². The summed E-state index contributed by atoms with van der Waals surface area (Å²) in [4.78, 5) is 2.41. The number of unbranched alkanes of at least 4 members (excludes halogenated alkanes) is 4. The van der Waals surface area contributed by atoms with E-state index >= 15 is 0 Å².